The summed E-state index contributed by atoms with van der Waals surface area (Å²) in [4.78, 5) is 12.4. The van der Waals surface area contributed by atoms with Crippen molar-refractivity contribution in [2.45, 2.75) is 13.0 Å². The van der Waals surface area contributed by atoms with Gasteiger partial charge in [-0.25, -0.2) is 4.68 Å². The van der Waals surface area contributed by atoms with Crippen LogP contribution in [0.2, 0.25) is 0 Å². The zero-order valence-electron chi connectivity index (χ0n) is 15.1. The number of carbonyl (C=O) groups excluding carboxylic acids is 1. The van der Waals surface area contributed by atoms with Crippen LogP contribution in [0, 0.1) is 0 Å². The highest BCUT2D eigenvalue weighted by Crippen LogP contribution is 2.31. The van der Waals surface area contributed by atoms with Gasteiger partial charge in [0, 0.05) is 16.1 Å². The van der Waals surface area contributed by atoms with Crippen molar-refractivity contribution in [1.82, 2.24) is 9.78 Å². The molecule has 0 saturated carbocycles. The Balaban J connectivity index is 1.74. The summed E-state index contributed by atoms with van der Waals surface area (Å²) >= 11 is 3.42. The number of para-hydroxylation sites is 1. The molecular weight excluding hydrogens is 410 g/mol. The van der Waals surface area contributed by atoms with E-state index in [-0.39, 0.29) is 12.3 Å². The number of carbonyl (C=O) groups is 1. The number of rotatable bonds is 7. The fourth-order valence-corrected chi connectivity index (χ4v) is 3.27. The number of amides is 1. The average Bonchev–Trinajstić information content (AvgIpc) is 3.08. The summed E-state index contributed by atoms with van der Waals surface area (Å²) in [6.45, 7) is 0.444. The molecule has 27 heavy (non-hydrogen) atoms. The van der Waals surface area contributed by atoms with E-state index < -0.39 is 0 Å². The standard InChI is InChI=1S/C20H20BrN3O3/c1-26-17-8-4-6-15(20(17)27-2)13-24-18(9-10-22-24)23-19(25)12-14-5-3-7-16(21)11-14/h3-11H,12-13H2,1-2H3,(H,23,25). The van der Waals surface area contributed by atoms with E-state index in [0.29, 0.717) is 23.9 Å². The second kappa shape index (κ2) is 8.73. The molecule has 7 heteroatoms. The van der Waals surface area contributed by atoms with Crippen molar-refractivity contribution in [3.8, 4) is 11.5 Å². The van der Waals surface area contributed by atoms with Crippen molar-refractivity contribution in [3.05, 3.63) is 70.3 Å². The van der Waals surface area contributed by atoms with Crippen molar-refractivity contribution in [2.24, 2.45) is 0 Å². The molecule has 0 aliphatic rings. The zero-order chi connectivity index (χ0) is 19.2. The SMILES string of the molecule is COc1cccc(Cn2nccc2NC(=O)Cc2cccc(Br)c2)c1OC. The number of aromatic nitrogens is 2. The summed E-state index contributed by atoms with van der Waals surface area (Å²) in [5.41, 5.74) is 1.84. The summed E-state index contributed by atoms with van der Waals surface area (Å²) in [5.74, 6) is 1.83. The van der Waals surface area contributed by atoms with E-state index >= 15 is 0 Å². The van der Waals surface area contributed by atoms with Crippen LogP contribution in [0.25, 0.3) is 0 Å². The lowest BCUT2D eigenvalue weighted by atomic mass is 10.1. The van der Waals surface area contributed by atoms with Crippen LogP contribution in [0.5, 0.6) is 11.5 Å². The first-order valence-corrected chi connectivity index (χ1v) is 9.16. The highest BCUT2D eigenvalue weighted by atomic mass is 79.9. The third kappa shape index (κ3) is 4.68. The van der Waals surface area contributed by atoms with E-state index in [1.807, 2.05) is 42.5 Å². The predicted molar refractivity (Wildman–Crippen MR) is 107 cm³/mol. The van der Waals surface area contributed by atoms with E-state index in [4.69, 9.17) is 9.47 Å². The first-order chi connectivity index (χ1) is 13.1. The van der Waals surface area contributed by atoms with Gasteiger partial charge >= 0.3 is 0 Å². The molecular formula is C20H20BrN3O3. The van der Waals surface area contributed by atoms with Crippen molar-refractivity contribution in [1.29, 1.82) is 0 Å². The van der Waals surface area contributed by atoms with Gasteiger partial charge in [0.05, 0.1) is 33.4 Å². The van der Waals surface area contributed by atoms with E-state index in [0.717, 1.165) is 15.6 Å². The maximum atomic E-state index is 12.4. The quantitative estimate of drug-likeness (QED) is 0.618. The molecule has 0 aliphatic heterocycles. The summed E-state index contributed by atoms with van der Waals surface area (Å²) in [7, 11) is 3.20. The minimum atomic E-state index is -0.104. The summed E-state index contributed by atoms with van der Waals surface area (Å²) < 4.78 is 13.5. The monoisotopic (exact) mass is 429 g/mol. The zero-order valence-corrected chi connectivity index (χ0v) is 16.7. The van der Waals surface area contributed by atoms with Crippen LogP contribution in [-0.2, 0) is 17.8 Å². The Bertz CT molecular complexity index is 940. The number of halogens is 1. The van der Waals surface area contributed by atoms with Crippen LogP contribution < -0.4 is 14.8 Å². The van der Waals surface area contributed by atoms with E-state index in [1.165, 1.54) is 0 Å². The number of nitrogens with one attached hydrogen (secondary N) is 1. The normalized spacial score (nSPS) is 10.5. The highest BCUT2D eigenvalue weighted by Gasteiger charge is 2.13. The van der Waals surface area contributed by atoms with Gasteiger partial charge in [0.15, 0.2) is 11.5 Å². The molecule has 3 rings (SSSR count). The fourth-order valence-electron chi connectivity index (χ4n) is 2.82. The molecule has 1 aromatic heterocycles. The van der Waals surface area contributed by atoms with Crippen molar-refractivity contribution in [2.75, 3.05) is 19.5 Å². The highest BCUT2D eigenvalue weighted by molar-refractivity contribution is 9.10. The first-order valence-electron chi connectivity index (χ1n) is 8.36. The lowest BCUT2D eigenvalue weighted by Crippen LogP contribution is -2.18. The molecule has 140 valence electrons. The Morgan fingerprint density at radius 1 is 1.15 bits per heavy atom. The molecule has 0 fully saturated rings. The average molecular weight is 430 g/mol. The van der Waals surface area contributed by atoms with Crippen LogP contribution >= 0.6 is 15.9 Å². The number of methoxy groups -OCH3 is 2. The lowest BCUT2D eigenvalue weighted by Gasteiger charge is -2.14. The van der Waals surface area contributed by atoms with Gasteiger partial charge in [0.2, 0.25) is 5.91 Å². The minimum Gasteiger partial charge on any atom is -0.493 e. The van der Waals surface area contributed by atoms with Crippen LogP contribution in [0.15, 0.2) is 59.2 Å². The lowest BCUT2D eigenvalue weighted by molar-refractivity contribution is -0.115. The Hall–Kier alpha value is -2.80. The Morgan fingerprint density at radius 2 is 1.96 bits per heavy atom. The second-order valence-electron chi connectivity index (χ2n) is 5.88. The van der Waals surface area contributed by atoms with Crippen molar-refractivity contribution >= 4 is 27.7 Å². The van der Waals surface area contributed by atoms with Crippen LogP contribution in [0.3, 0.4) is 0 Å². The Morgan fingerprint density at radius 3 is 2.70 bits per heavy atom. The van der Waals surface area contributed by atoms with Crippen LogP contribution in [0.4, 0.5) is 5.82 Å². The van der Waals surface area contributed by atoms with Gasteiger partial charge in [-0.15, -0.1) is 0 Å². The number of benzene rings is 2. The molecule has 1 N–H and O–H groups in total. The molecule has 0 saturated heterocycles. The maximum Gasteiger partial charge on any atom is 0.229 e. The summed E-state index contributed by atoms with van der Waals surface area (Å²) in [6, 6.07) is 15.1. The number of nitrogens with zero attached hydrogens (tertiary/aromatic N) is 2. The Kier molecular flexibility index (Phi) is 6.13. The van der Waals surface area contributed by atoms with Gasteiger partial charge in [0.1, 0.15) is 5.82 Å². The molecule has 0 spiro atoms. The minimum absolute atomic E-state index is 0.104. The van der Waals surface area contributed by atoms with Gasteiger partial charge in [0.25, 0.3) is 0 Å². The Labute approximate surface area is 166 Å². The van der Waals surface area contributed by atoms with E-state index in [9.17, 15) is 4.79 Å². The number of anilines is 1. The maximum absolute atomic E-state index is 12.4. The molecule has 0 aliphatic carbocycles. The molecule has 2 aromatic carbocycles. The molecule has 0 atom stereocenters. The van der Waals surface area contributed by atoms with Gasteiger partial charge in [-0.3, -0.25) is 4.79 Å². The van der Waals surface area contributed by atoms with Crippen molar-refractivity contribution < 1.29 is 14.3 Å². The van der Waals surface area contributed by atoms with Gasteiger partial charge < -0.3 is 14.8 Å². The van der Waals surface area contributed by atoms with Gasteiger partial charge in [-0.05, 0) is 23.8 Å². The predicted octanol–water partition coefficient (Wildman–Crippen LogP) is 3.89. The smallest absolute Gasteiger partial charge is 0.229 e. The van der Waals surface area contributed by atoms with Crippen LogP contribution in [-0.4, -0.2) is 29.9 Å². The van der Waals surface area contributed by atoms with Crippen LogP contribution in [0.1, 0.15) is 11.1 Å². The second-order valence-corrected chi connectivity index (χ2v) is 6.80. The fraction of sp³-hybridized carbons (Fsp3) is 0.200. The number of hydrogen-bond acceptors (Lipinski definition) is 4. The molecule has 1 heterocycles. The topological polar surface area (TPSA) is 65.4 Å². The molecule has 3 aromatic rings. The molecule has 0 radical (unpaired) electrons. The first kappa shape index (κ1) is 19.0. The molecule has 1 amide bonds. The van der Waals surface area contributed by atoms with E-state index in [2.05, 4.69) is 26.3 Å². The largest absolute Gasteiger partial charge is 0.493 e. The molecule has 0 unspecified atom stereocenters. The molecule has 6 nitrogen and oxygen atoms in total. The third-order valence-electron chi connectivity index (χ3n) is 4.04. The van der Waals surface area contributed by atoms with Gasteiger partial charge in [-0.2, -0.15) is 5.10 Å². The van der Waals surface area contributed by atoms with Gasteiger partial charge in [-0.1, -0.05) is 40.2 Å². The third-order valence-corrected chi connectivity index (χ3v) is 4.54. The van der Waals surface area contributed by atoms with E-state index in [1.54, 1.807) is 31.2 Å². The summed E-state index contributed by atoms with van der Waals surface area (Å²) in [6.07, 6.45) is 1.94. The van der Waals surface area contributed by atoms with Crippen molar-refractivity contribution in [3.63, 3.8) is 0 Å². The molecule has 0 bridgehead atoms. The summed E-state index contributed by atoms with van der Waals surface area (Å²) in [5, 5.41) is 7.23. The number of hydrogen-bond donors (Lipinski definition) is 1. The number of ether oxygens (including phenoxy) is 2.